The standard InChI is InChI=1S/C18H13N3O2/c1-11-5-4-7-13(9-11)18-20-16(21-23-18)14-10-12-6-2-3-8-15(12)19-17(14)22/h2-10H,1H3,(H,19,22). The number of benzene rings is 2. The minimum Gasteiger partial charge on any atom is -0.334 e. The van der Waals surface area contributed by atoms with E-state index in [-0.39, 0.29) is 11.4 Å². The molecule has 4 rings (SSSR count). The molecule has 0 atom stereocenters. The van der Waals surface area contributed by atoms with Crippen molar-refractivity contribution >= 4 is 10.9 Å². The molecule has 0 fully saturated rings. The number of para-hydroxylation sites is 1. The van der Waals surface area contributed by atoms with Gasteiger partial charge in [0.15, 0.2) is 0 Å². The van der Waals surface area contributed by atoms with E-state index < -0.39 is 0 Å². The average molecular weight is 303 g/mol. The fraction of sp³-hybridized carbons (Fsp3) is 0.0556. The van der Waals surface area contributed by atoms with Crippen LogP contribution in [0, 0.1) is 6.92 Å². The zero-order chi connectivity index (χ0) is 15.8. The van der Waals surface area contributed by atoms with Crippen molar-refractivity contribution in [3.63, 3.8) is 0 Å². The second kappa shape index (κ2) is 5.21. The zero-order valence-corrected chi connectivity index (χ0v) is 12.4. The molecule has 1 N–H and O–H groups in total. The number of nitrogens with zero attached hydrogens (tertiary/aromatic N) is 2. The van der Waals surface area contributed by atoms with Gasteiger partial charge in [0.05, 0.1) is 5.56 Å². The number of nitrogens with one attached hydrogen (secondary N) is 1. The van der Waals surface area contributed by atoms with E-state index in [0.29, 0.717) is 11.5 Å². The van der Waals surface area contributed by atoms with Crippen molar-refractivity contribution in [1.82, 2.24) is 15.1 Å². The Kier molecular flexibility index (Phi) is 3.05. The number of fused-ring (bicyclic) bond motifs is 1. The Morgan fingerprint density at radius 2 is 1.91 bits per heavy atom. The molecule has 0 bridgehead atoms. The van der Waals surface area contributed by atoms with E-state index >= 15 is 0 Å². The Hall–Kier alpha value is -3.21. The van der Waals surface area contributed by atoms with E-state index in [2.05, 4.69) is 15.1 Å². The van der Waals surface area contributed by atoms with Gasteiger partial charge in [-0.3, -0.25) is 4.79 Å². The molecule has 0 spiro atoms. The van der Waals surface area contributed by atoms with Crippen LogP contribution in [0.15, 0.2) is 63.9 Å². The average Bonchev–Trinajstić information content (AvgIpc) is 3.04. The predicted octanol–water partition coefficient (Wildman–Crippen LogP) is 3.55. The lowest BCUT2D eigenvalue weighted by Gasteiger charge is -1.99. The highest BCUT2D eigenvalue weighted by molar-refractivity contribution is 5.82. The molecule has 0 amide bonds. The molecule has 0 saturated heterocycles. The number of aromatic amines is 1. The topological polar surface area (TPSA) is 71.8 Å². The van der Waals surface area contributed by atoms with Crippen molar-refractivity contribution in [2.75, 3.05) is 0 Å². The first-order valence-electron chi connectivity index (χ1n) is 7.24. The van der Waals surface area contributed by atoms with Crippen LogP contribution in [0.2, 0.25) is 0 Å². The summed E-state index contributed by atoms with van der Waals surface area (Å²) in [4.78, 5) is 19.5. The van der Waals surface area contributed by atoms with Crippen LogP contribution in [-0.2, 0) is 0 Å². The number of pyridine rings is 1. The molecule has 0 aliphatic carbocycles. The van der Waals surface area contributed by atoms with Crippen LogP contribution < -0.4 is 5.56 Å². The van der Waals surface area contributed by atoms with Crippen LogP contribution >= 0.6 is 0 Å². The van der Waals surface area contributed by atoms with E-state index in [4.69, 9.17) is 4.52 Å². The number of hydrogen-bond acceptors (Lipinski definition) is 4. The van der Waals surface area contributed by atoms with Gasteiger partial charge in [-0.05, 0) is 36.6 Å². The first kappa shape index (κ1) is 13.5. The van der Waals surface area contributed by atoms with Gasteiger partial charge in [0.2, 0.25) is 5.82 Å². The molecule has 2 heterocycles. The highest BCUT2D eigenvalue weighted by atomic mass is 16.5. The number of hydrogen-bond donors (Lipinski definition) is 1. The van der Waals surface area contributed by atoms with Crippen LogP contribution in [0.1, 0.15) is 5.56 Å². The second-order valence-electron chi connectivity index (χ2n) is 5.39. The fourth-order valence-electron chi connectivity index (χ4n) is 2.54. The Labute approximate surface area is 131 Å². The van der Waals surface area contributed by atoms with Gasteiger partial charge in [0.1, 0.15) is 0 Å². The predicted molar refractivity (Wildman–Crippen MR) is 88.0 cm³/mol. The smallest absolute Gasteiger partial charge is 0.259 e. The number of H-pyrrole nitrogens is 1. The van der Waals surface area contributed by atoms with Gasteiger partial charge in [0.25, 0.3) is 11.4 Å². The van der Waals surface area contributed by atoms with Crippen molar-refractivity contribution in [1.29, 1.82) is 0 Å². The molecule has 5 nitrogen and oxygen atoms in total. The summed E-state index contributed by atoms with van der Waals surface area (Å²) < 4.78 is 5.31. The summed E-state index contributed by atoms with van der Waals surface area (Å²) in [5.41, 5.74) is 2.88. The van der Waals surface area contributed by atoms with Crippen molar-refractivity contribution in [3.05, 3.63) is 70.5 Å². The van der Waals surface area contributed by atoms with Gasteiger partial charge >= 0.3 is 0 Å². The maximum absolute atomic E-state index is 12.3. The normalized spacial score (nSPS) is 11.0. The van der Waals surface area contributed by atoms with Gasteiger partial charge in [-0.15, -0.1) is 0 Å². The van der Waals surface area contributed by atoms with E-state index in [0.717, 1.165) is 22.0 Å². The molecule has 0 aliphatic heterocycles. The third-order valence-electron chi connectivity index (χ3n) is 3.69. The van der Waals surface area contributed by atoms with E-state index in [1.54, 1.807) is 6.07 Å². The lowest BCUT2D eigenvalue weighted by Crippen LogP contribution is -2.09. The van der Waals surface area contributed by atoms with Crippen molar-refractivity contribution in [3.8, 4) is 22.8 Å². The number of rotatable bonds is 2. The summed E-state index contributed by atoms with van der Waals surface area (Å²) in [6.07, 6.45) is 0. The summed E-state index contributed by atoms with van der Waals surface area (Å²) in [6, 6.07) is 17.1. The maximum atomic E-state index is 12.3. The molecular formula is C18H13N3O2. The summed E-state index contributed by atoms with van der Waals surface area (Å²) in [7, 11) is 0. The van der Waals surface area contributed by atoms with Gasteiger partial charge in [-0.25, -0.2) is 0 Å². The number of aromatic nitrogens is 3. The molecule has 0 aliphatic rings. The zero-order valence-electron chi connectivity index (χ0n) is 12.4. The third-order valence-corrected chi connectivity index (χ3v) is 3.69. The van der Waals surface area contributed by atoms with E-state index in [1.165, 1.54) is 0 Å². The van der Waals surface area contributed by atoms with E-state index in [9.17, 15) is 4.79 Å². The number of aryl methyl sites for hydroxylation is 1. The van der Waals surface area contributed by atoms with Crippen LogP contribution in [0.4, 0.5) is 0 Å². The molecule has 5 heteroatoms. The molecule has 2 aromatic heterocycles. The Morgan fingerprint density at radius 1 is 1.04 bits per heavy atom. The van der Waals surface area contributed by atoms with Gasteiger partial charge < -0.3 is 9.51 Å². The van der Waals surface area contributed by atoms with Crippen molar-refractivity contribution in [2.24, 2.45) is 0 Å². The first-order valence-corrected chi connectivity index (χ1v) is 7.24. The molecule has 0 saturated carbocycles. The van der Waals surface area contributed by atoms with Gasteiger partial charge in [0, 0.05) is 11.1 Å². The van der Waals surface area contributed by atoms with Crippen LogP contribution in [0.25, 0.3) is 33.7 Å². The molecule has 0 radical (unpaired) electrons. The summed E-state index contributed by atoms with van der Waals surface area (Å²) in [6.45, 7) is 1.99. The minimum absolute atomic E-state index is 0.236. The van der Waals surface area contributed by atoms with Crippen LogP contribution in [0.3, 0.4) is 0 Å². The Morgan fingerprint density at radius 3 is 2.78 bits per heavy atom. The fourth-order valence-corrected chi connectivity index (χ4v) is 2.54. The summed E-state index contributed by atoms with van der Waals surface area (Å²) in [5, 5.41) is 4.87. The lowest BCUT2D eigenvalue weighted by molar-refractivity contribution is 0.432. The quantitative estimate of drug-likeness (QED) is 0.614. The molecule has 0 unspecified atom stereocenters. The van der Waals surface area contributed by atoms with Crippen molar-refractivity contribution in [2.45, 2.75) is 6.92 Å². The molecular weight excluding hydrogens is 290 g/mol. The Bertz CT molecular complexity index is 1060. The van der Waals surface area contributed by atoms with Crippen LogP contribution in [-0.4, -0.2) is 15.1 Å². The highest BCUT2D eigenvalue weighted by Crippen LogP contribution is 2.22. The van der Waals surface area contributed by atoms with Crippen LogP contribution in [0.5, 0.6) is 0 Å². The molecule has 112 valence electrons. The molecule has 2 aromatic carbocycles. The first-order chi connectivity index (χ1) is 11.2. The molecule has 4 aromatic rings. The third kappa shape index (κ3) is 2.42. The van der Waals surface area contributed by atoms with Gasteiger partial charge in [-0.1, -0.05) is 41.1 Å². The second-order valence-corrected chi connectivity index (χ2v) is 5.39. The maximum Gasteiger partial charge on any atom is 0.259 e. The van der Waals surface area contributed by atoms with Crippen molar-refractivity contribution < 1.29 is 4.52 Å². The highest BCUT2D eigenvalue weighted by Gasteiger charge is 2.14. The minimum atomic E-state index is -0.236. The SMILES string of the molecule is Cc1cccc(-c2nc(-c3cc4ccccc4[nH]c3=O)no2)c1. The lowest BCUT2D eigenvalue weighted by atomic mass is 10.1. The Balaban J connectivity index is 1.83. The largest absolute Gasteiger partial charge is 0.334 e. The summed E-state index contributed by atoms with van der Waals surface area (Å²) in [5.74, 6) is 0.685. The van der Waals surface area contributed by atoms with Gasteiger partial charge in [-0.2, -0.15) is 4.98 Å². The summed E-state index contributed by atoms with van der Waals surface area (Å²) >= 11 is 0. The molecule has 23 heavy (non-hydrogen) atoms. The van der Waals surface area contributed by atoms with E-state index in [1.807, 2.05) is 55.5 Å². The monoisotopic (exact) mass is 303 g/mol.